The van der Waals surface area contributed by atoms with E-state index in [4.69, 9.17) is 0 Å². The average molecular weight is 212 g/mol. The summed E-state index contributed by atoms with van der Waals surface area (Å²) in [6.45, 7) is 1.75. The van der Waals surface area contributed by atoms with Gasteiger partial charge in [0, 0.05) is 6.42 Å². The van der Waals surface area contributed by atoms with E-state index in [-0.39, 0.29) is 6.42 Å². The van der Waals surface area contributed by atoms with Crippen LogP contribution in [-0.4, -0.2) is 5.11 Å². The molecule has 0 bridgehead atoms. The molecule has 0 aliphatic heterocycles. The van der Waals surface area contributed by atoms with Gasteiger partial charge in [-0.15, -0.1) is 0 Å². The van der Waals surface area contributed by atoms with E-state index >= 15 is 0 Å². The summed E-state index contributed by atoms with van der Waals surface area (Å²) in [5.74, 6) is -1.95. The Morgan fingerprint density at radius 2 is 1.87 bits per heavy atom. The van der Waals surface area contributed by atoms with Gasteiger partial charge in [-0.25, -0.2) is 8.78 Å². The zero-order valence-electron chi connectivity index (χ0n) is 8.58. The highest BCUT2D eigenvalue weighted by Crippen LogP contribution is 2.27. The summed E-state index contributed by atoms with van der Waals surface area (Å²) in [7, 11) is 0. The van der Waals surface area contributed by atoms with E-state index in [1.54, 1.807) is 37.3 Å². The van der Waals surface area contributed by atoms with Gasteiger partial charge in [-0.1, -0.05) is 37.3 Å². The topological polar surface area (TPSA) is 20.2 Å². The van der Waals surface area contributed by atoms with Crippen molar-refractivity contribution in [3.05, 3.63) is 47.5 Å². The molecular formula is C12H14F2O. The van der Waals surface area contributed by atoms with Gasteiger partial charge < -0.3 is 5.11 Å². The molecule has 82 valence electrons. The van der Waals surface area contributed by atoms with E-state index in [1.807, 2.05) is 0 Å². The first kappa shape index (κ1) is 11.9. The fourth-order valence-corrected chi connectivity index (χ4v) is 1.27. The molecule has 1 unspecified atom stereocenters. The molecule has 1 N–H and O–H groups in total. The number of allylic oxidation sites excluding steroid dienone is 1. The molecule has 15 heavy (non-hydrogen) atoms. The largest absolute Gasteiger partial charge is 0.381 e. The molecule has 0 saturated heterocycles. The minimum Gasteiger partial charge on any atom is -0.381 e. The van der Waals surface area contributed by atoms with E-state index in [0.717, 1.165) is 0 Å². The quantitative estimate of drug-likeness (QED) is 0.807. The first-order valence-electron chi connectivity index (χ1n) is 4.93. The Morgan fingerprint density at radius 3 is 2.40 bits per heavy atom. The van der Waals surface area contributed by atoms with Crippen molar-refractivity contribution in [2.45, 2.75) is 25.9 Å². The fraction of sp³-hybridized carbons (Fsp3) is 0.333. The van der Waals surface area contributed by atoms with Crippen LogP contribution in [0.2, 0.25) is 0 Å². The van der Waals surface area contributed by atoms with Crippen molar-refractivity contribution in [3.63, 3.8) is 0 Å². The van der Waals surface area contributed by atoms with Gasteiger partial charge in [-0.3, -0.25) is 0 Å². The number of halogens is 2. The molecule has 0 aliphatic carbocycles. The van der Waals surface area contributed by atoms with Crippen LogP contribution in [-0.2, 0) is 0 Å². The van der Waals surface area contributed by atoms with Crippen molar-refractivity contribution in [3.8, 4) is 0 Å². The summed E-state index contributed by atoms with van der Waals surface area (Å²) in [6, 6.07) is 8.21. The maximum Gasteiger partial charge on any atom is 0.164 e. The molecule has 1 nitrogen and oxygen atoms in total. The lowest BCUT2D eigenvalue weighted by atomic mass is 10.1. The number of hydrogen-bond acceptors (Lipinski definition) is 1. The van der Waals surface area contributed by atoms with Crippen LogP contribution in [0.5, 0.6) is 0 Å². The Morgan fingerprint density at radius 1 is 1.27 bits per heavy atom. The van der Waals surface area contributed by atoms with Crippen molar-refractivity contribution < 1.29 is 13.9 Å². The Hall–Kier alpha value is -1.22. The van der Waals surface area contributed by atoms with E-state index in [2.05, 4.69) is 0 Å². The first-order valence-corrected chi connectivity index (χ1v) is 4.93. The Kier molecular flexibility index (Phi) is 4.43. The summed E-state index contributed by atoms with van der Waals surface area (Å²) < 4.78 is 26.4. The van der Waals surface area contributed by atoms with Crippen LogP contribution >= 0.6 is 0 Å². The fourth-order valence-electron chi connectivity index (χ4n) is 1.27. The molecule has 1 aromatic rings. The zero-order chi connectivity index (χ0) is 11.3. The van der Waals surface area contributed by atoms with Crippen molar-refractivity contribution in [2.75, 3.05) is 0 Å². The molecular weight excluding hydrogens is 198 g/mol. The standard InChI is InChI=1S/C12H14F2O/c1-2-6-10(13)11(14)12(15)9-7-4-3-5-8-9/h3-5,7-8,12,15H,2,6H2,1H3/b11-10+. The van der Waals surface area contributed by atoms with Crippen LogP contribution in [0.3, 0.4) is 0 Å². The maximum absolute atomic E-state index is 13.3. The molecule has 3 heteroatoms. The average Bonchev–Trinajstić information content (AvgIpc) is 2.28. The second-order valence-corrected chi connectivity index (χ2v) is 3.32. The third-order valence-electron chi connectivity index (χ3n) is 2.08. The molecule has 1 atom stereocenters. The number of aliphatic hydroxyl groups excluding tert-OH is 1. The van der Waals surface area contributed by atoms with Gasteiger partial charge in [-0.2, -0.15) is 0 Å². The smallest absolute Gasteiger partial charge is 0.164 e. The molecule has 0 radical (unpaired) electrons. The summed E-state index contributed by atoms with van der Waals surface area (Å²) in [5, 5.41) is 9.51. The summed E-state index contributed by atoms with van der Waals surface area (Å²) in [6.07, 6.45) is -0.950. The highest BCUT2D eigenvalue weighted by molar-refractivity contribution is 5.24. The molecule has 0 amide bonds. The number of hydrogen-bond donors (Lipinski definition) is 1. The number of benzene rings is 1. The predicted octanol–water partition coefficient (Wildman–Crippen LogP) is 3.67. The lowest BCUT2D eigenvalue weighted by Gasteiger charge is -2.09. The minimum atomic E-state index is -1.49. The summed E-state index contributed by atoms with van der Waals surface area (Å²) in [5.41, 5.74) is 0.362. The maximum atomic E-state index is 13.3. The molecule has 0 fully saturated rings. The third-order valence-corrected chi connectivity index (χ3v) is 2.08. The van der Waals surface area contributed by atoms with Crippen molar-refractivity contribution in [1.29, 1.82) is 0 Å². The van der Waals surface area contributed by atoms with E-state index in [0.29, 0.717) is 12.0 Å². The Bertz CT molecular complexity index is 333. The number of aliphatic hydroxyl groups is 1. The van der Waals surface area contributed by atoms with Crippen molar-refractivity contribution >= 4 is 0 Å². The summed E-state index contributed by atoms with van der Waals surface area (Å²) >= 11 is 0. The molecule has 0 aliphatic rings. The van der Waals surface area contributed by atoms with Gasteiger partial charge in [0.05, 0.1) is 0 Å². The van der Waals surface area contributed by atoms with Gasteiger partial charge in [-0.05, 0) is 12.0 Å². The Balaban J connectivity index is 2.85. The van der Waals surface area contributed by atoms with Crippen LogP contribution < -0.4 is 0 Å². The van der Waals surface area contributed by atoms with Crippen LogP contribution in [0.4, 0.5) is 8.78 Å². The highest BCUT2D eigenvalue weighted by atomic mass is 19.2. The lowest BCUT2D eigenvalue weighted by molar-refractivity contribution is 0.178. The molecule has 0 spiro atoms. The van der Waals surface area contributed by atoms with Gasteiger partial charge in [0.25, 0.3) is 0 Å². The van der Waals surface area contributed by atoms with Gasteiger partial charge in [0.1, 0.15) is 11.9 Å². The summed E-state index contributed by atoms with van der Waals surface area (Å²) in [4.78, 5) is 0. The normalized spacial score (nSPS) is 14.7. The van der Waals surface area contributed by atoms with Crippen LogP contribution in [0, 0.1) is 0 Å². The second-order valence-electron chi connectivity index (χ2n) is 3.32. The van der Waals surface area contributed by atoms with Gasteiger partial charge in [0.15, 0.2) is 5.83 Å². The monoisotopic (exact) mass is 212 g/mol. The minimum absolute atomic E-state index is 0.0235. The van der Waals surface area contributed by atoms with Crippen LogP contribution in [0.1, 0.15) is 31.4 Å². The predicted molar refractivity (Wildman–Crippen MR) is 55.6 cm³/mol. The second kappa shape index (κ2) is 5.61. The van der Waals surface area contributed by atoms with E-state index < -0.39 is 17.8 Å². The van der Waals surface area contributed by atoms with E-state index in [9.17, 15) is 13.9 Å². The lowest BCUT2D eigenvalue weighted by Crippen LogP contribution is -1.99. The number of rotatable bonds is 4. The molecule has 1 rings (SSSR count). The molecule has 1 aromatic carbocycles. The van der Waals surface area contributed by atoms with Crippen molar-refractivity contribution in [1.82, 2.24) is 0 Å². The Labute approximate surface area is 88.1 Å². The highest BCUT2D eigenvalue weighted by Gasteiger charge is 2.17. The van der Waals surface area contributed by atoms with Crippen LogP contribution in [0.25, 0.3) is 0 Å². The van der Waals surface area contributed by atoms with Gasteiger partial charge >= 0.3 is 0 Å². The third kappa shape index (κ3) is 3.13. The SMILES string of the molecule is CCC/C(F)=C(\F)C(O)c1ccccc1. The molecule has 0 aromatic heterocycles. The molecule has 0 saturated carbocycles. The molecule has 0 heterocycles. The van der Waals surface area contributed by atoms with E-state index in [1.165, 1.54) is 0 Å². The van der Waals surface area contributed by atoms with Gasteiger partial charge in [0.2, 0.25) is 0 Å². The van der Waals surface area contributed by atoms with Crippen LogP contribution in [0.15, 0.2) is 42.0 Å². The zero-order valence-corrected chi connectivity index (χ0v) is 8.58. The first-order chi connectivity index (χ1) is 7.16. The van der Waals surface area contributed by atoms with Crippen molar-refractivity contribution in [2.24, 2.45) is 0 Å².